The Morgan fingerprint density at radius 2 is 2.05 bits per heavy atom. The molecule has 20 heavy (non-hydrogen) atoms. The van der Waals surface area contributed by atoms with Crippen molar-refractivity contribution in [1.29, 1.82) is 0 Å². The smallest absolute Gasteiger partial charge is 0.357 e. The third-order valence-corrected chi connectivity index (χ3v) is 5.83. The lowest BCUT2D eigenvalue weighted by atomic mass is 10.4. The Hall–Kier alpha value is -1.41. The van der Waals surface area contributed by atoms with Crippen LogP contribution < -0.4 is 0 Å². The fourth-order valence-corrected chi connectivity index (χ4v) is 4.41. The van der Waals surface area contributed by atoms with Crippen LogP contribution in [0.4, 0.5) is 0 Å². The summed E-state index contributed by atoms with van der Waals surface area (Å²) < 4.78 is 27.1. The molecule has 0 atom stereocenters. The number of carboxylic acid groups (broad SMARTS) is 1. The molecule has 0 aromatic carbocycles. The Labute approximate surface area is 117 Å². The average molecular weight is 299 g/mol. The largest absolute Gasteiger partial charge is 0.476 e. The minimum absolute atomic E-state index is 0.0246. The predicted molar refractivity (Wildman–Crippen MR) is 69.9 cm³/mol. The van der Waals surface area contributed by atoms with Crippen LogP contribution in [0.5, 0.6) is 0 Å². The molecule has 2 aliphatic rings. The maximum Gasteiger partial charge on any atom is 0.357 e. The van der Waals surface area contributed by atoms with Gasteiger partial charge >= 0.3 is 5.97 Å². The topological polar surface area (TPSA) is 103 Å². The lowest BCUT2D eigenvalue weighted by molar-refractivity contribution is 0.0686. The van der Waals surface area contributed by atoms with Gasteiger partial charge in [0.05, 0.1) is 5.69 Å². The van der Waals surface area contributed by atoms with Crippen LogP contribution in [0.2, 0.25) is 0 Å². The highest BCUT2D eigenvalue weighted by Gasteiger charge is 2.43. The second kappa shape index (κ2) is 4.56. The highest BCUT2D eigenvalue weighted by Crippen LogP contribution is 2.38. The van der Waals surface area contributed by atoms with E-state index in [4.69, 9.17) is 5.11 Å². The molecule has 0 radical (unpaired) electrons. The van der Waals surface area contributed by atoms with Crippen LogP contribution in [-0.2, 0) is 10.0 Å². The molecule has 8 heteroatoms. The minimum atomic E-state index is -3.80. The Morgan fingerprint density at radius 1 is 1.40 bits per heavy atom. The summed E-state index contributed by atoms with van der Waals surface area (Å²) in [6.45, 7) is 2.03. The number of carbonyl (C=O) groups is 1. The molecule has 0 saturated heterocycles. The summed E-state index contributed by atoms with van der Waals surface area (Å²) in [5, 5.41) is 15.2. The van der Waals surface area contributed by atoms with E-state index in [1.165, 1.54) is 11.2 Å². The standard InChI is InChI=1S/C12H17N3O4S/c1-7-11(10(12(16)17)14-13-7)20(18,19)15(9-4-5-9)6-8-2-3-8/h8-9H,2-6H2,1H3,(H,13,14)(H,16,17). The van der Waals surface area contributed by atoms with Gasteiger partial charge in [-0.25, -0.2) is 13.2 Å². The molecule has 0 amide bonds. The van der Waals surface area contributed by atoms with Gasteiger partial charge in [0.25, 0.3) is 0 Å². The van der Waals surface area contributed by atoms with Gasteiger partial charge in [-0.2, -0.15) is 9.40 Å². The number of aromatic amines is 1. The number of carboxylic acids is 1. The lowest BCUT2D eigenvalue weighted by Gasteiger charge is -2.21. The molecule has 2 saturated carbocycles. The van der Waals surface area contributed by atoms with Crippen molar-refractivity contribution in [2.24, 2.45) is 5.92 Å². The molecule has 110 valence electrons. The Balaban J connectivity index is 2.01. The molecule has 0 aliphatic heterocycles. The molecule has 0 unspecified atom stereocenters. The van der Waals surface area contributed by atoms with E-state index in [-0.39, 0.29) is 16.6 Å². The van der Waals surface area contributed by atoms with Gasteiger partial charge in [-0.15, -0.1) is 0 Å². The second-order valence-corrected chi connectivity index (χ2v) is 7.41. The Morgan fingerprint density at radius 3 is 2.55 bits per heavy atom. The van der Waals surface area contributed by atoms with Crippen LogP contribution in [-0.4, -0.2) is 46.6 Å². The molecule has 1 aromatic rings. The molecule has 2 fully saturated rings. The third-order valence-electron chi connectivity index (χ3n) is 3.75. The average Bonchev–Trinajstić information content (AvgIpc) is 3.24. The van der Waals surface area contributed by atoms with Gasteiger partial charge in [-0.1, -0.05) is 0 Å². The van der Waals surface area contributed by atoms with E-state index in [9.17, 15) is 13.2 Å². The summed E-state index contributed by atoms with van der Waals surface area (Å²) in [5.41, 5.74) is -0.132. The first-order chi connectivity index (χ1) is 9.41. The highest BCUT2D eigenvalue weighted by atomic mass is 32.2. The normalized spacial score (nSPS) is 19.5. The van der Waals surface area contributed by atoms with Crippen molar-refractivity contribution in [2.75, 3.05) is 6.54 Å². The molecule has 3 rings (SSSR count). The van der Waals surface area contributed by atoms with E-state index in [2.05, 4.69) is 10.2 Å². The first kappa shape index (κ1) is 13.6. The number of rotatable bonds is 6. The van der Waals surface area contributed by atoms with Crippen molar-refractivity contribution < 1.29 is 18.3 Å². The number of aromatic nitrogens is 2. The van der Waals surface area contributed by atoms with E-state index < -0.39 is 21.7 Å². The van der Waals surface area contributed by atoms with Crippen molar-refractivity contribution in [3.63, 3.8) is 0 Å². The zero-order chi connectivity index (χ0) is 14.5. The van der Waals surface area contributed by atoms with E-state index in [0.29, 0.717) is 12.5 Å². The van der Waals surface area contributed by atoms with Crippen LogP contribution in [0.3, 0.4) is 0 Å². The first-order valence-corrected chi connectivity index (χ1v) is 8.15. The number of hydrogen-bond acceptors (Lipinski definition) is 4. The van der Waals surface area contributed by atoms with Crippen LogP contribution in [0.25, 0.3) is 0 Å². The molecular formula is C12H17N3O4S. The number of hydrogen-bond donors (Lipinski definition) is 2. The van der Waals surface area contributed by atoms with Crippen molar-refractivity contribution in [2.45, 2.75) is 43.5 Å². The van der Waals surface area contributed by atoms with Crippen molar-refractivity contribution in [3.8, 4) is 0 Å². The second-order valence-electron chi connectivity index (χ2n) is 5.58. The van der Waals surface area contributed by atoms with Gasteiger partial charge in [0.15, 0.2) is 5.69 Å². The SMILES string of the molecule is Cc1[nH]nc(C(=O)O)c1S(=O)(=O)N(CC1CC1)C1CC1. The maximum absolute atomic E-state index is 12.8. The van der Waals surface area contributed by atoms with Crippen LogP contribution >= 0.6 is 0 Å². The summed E-state index contributed by atoms with van der Waals surface area (Å²) in [6, 6.07) is 0.0246. The molecular weight excluding hydrogens is 282 g/mol. The summed E-state index contributed by atoms with van der Waals surface area (Å²) >= 11 is 0. The third kappa shape index (κ3) is 2.33. The number of nitrogens with one attached hydrogen (secondary N) is 1. The number of aromatic carboxylic acids is 1. The van der Waals surface area contributed by atoms with Crippen LogP contribution in [0, 0.1) is 12.8 Å². The van der Waals surface area contributed by atoms with Gasteiger partial charge < -0.3 is 5.11 Å². The fraction of sp³-hybridized carbons (Fsp3) is 0.667. The molecule has 2 aliphatic carbocycles. The molecule has 0 spiro atoms. The van der Waals surface area contributed by atoms with Crippen LogP contribution in [0.15, 0.2) is 4.90 Å². The maximum atomic E-state index is 12.8. The molecule has 2 N–H and O–H groups in total. The summed E-state index contributed by atoms with van der Waals surface area (Å²) in [4.78, 5) is 11.0. The molecule has 1 heterocycles. The van der Waals surface area contributed by atoms with Gasteiger partial charge in [-0.05, 0) is 38.5 Å². The van der Waals surface area contributed by atoms with Gasteiger partial charge in [-0.3, -0.25) is 5.10 Å². The predicted octanol–water partition coefficient (Wildman–Crippen LogP) is 0.979. The van der Waals surface area contributed by atoms with Gasteiger partial charge in [0.1, 0.15) is 4.90 Å². The van der Waals surface area contributed by atoms with Crippen LogP contribution in [0.1, 0.15) is 41.9 Å². The summed E-state index contributed by atoms with van der Waals surface area (Å²) in [5.74, 6) is -0.902. The van der Waals surface area contributed by atoms with Crippen molar-refractivity contribution in [1.82, 2.24) is 14.5 Å². The molecule has 1 aromatic heterocycles. The van der Waals surface area contributed by atoms with Crippen molar-refractivity contribution >= 4 is 16.0 Å². The monoisotopic (exact) mass is 299 g/mol. The first-order valence-electron chi connectivity index (χ1n) is 6.71. The highest BCUT2D eigenvalue weighted by molar-refractivity contribution is 7.89. The fourth-order valence-electron chi connectivity index (χ4n) is 2.36. The number of sulfonamides is 1. The quantitative estimate of drug-likeness (QED) is 0.815. The summed E-state index contributed by atoms with van der Waals surface area (Å²) in [6.07, 6.45) is 3.81. The number of aryl methyl sites for hydroxylation is 1. The Kier molecular flexibility index (Phi) is 3.09. The Bertz CT molecular complexity index is 644. The zero-order valence-electron chi connectivity index (χ0n) is 11.2. The van der Waals surface area contributed by atoms with Crippen molar-refractivity contribution in [3.05, 3.63) is 11.4 Å². The number of H-pyrrole nitrogens is 1. The molecule has 0 bridgehead atoms. The van der Waals surface area contributed by atoms with Gasteiger partial charge in [0, 0.05) is 12.6 Å². The van der Waals surface area contributed by atoms with E-state index in [0.717, 1.165) is 25.7 Å². The van der Waals surface area contributed by atoms with E-state index >= 15 is 0 Å². The number of nitrogens with zero attached hydrogens (tertiary/aromatic N) is 2. The van der Waals surface area contributed by atoms with Gasteiger partial charge in [0.2, 0.25) is 10.0 Å². The lowest BCUT2D eigenvalue weighted by Crippen LogP contribution is -2.35. The zero-order valence-corrected chi connectivity index (χ0v) is 12.0. The summed E-state index contributed by atoms with van der Waals surface area (Å²) in [7, 11) is -3.80. The molecule has 7 nitrogen and oxygen atoms in total. The van der Waals surface area contributed by atoms with E-state index in [1.807, 2.05) is 0 Å². The van der Waals surface area contributed by atoms with E-state index in [1.54, 1.807) is 0 Å². The minimum Gasteiger partial charge on any atom is -0.476 e.